The molecule has 1 fully saturated rings. The van der Waals surface area contributed by atoms with Crippen LogP contribution in [0, 0.1) is 5.92 Å². The highest BCUT2D eigenvalue weighted by Gasteiger charge is 2.26. The van der Waals surface area contributed by atoms with Gasteiger partial charge in [0.1, 0.15) is 0 Å². The van der Waals surface area contributed by atoms with Crippen LogP contribution in [0.1, 0.15) is 34.6 Å². The Bertz CT molecular complexity index is 196. The molecule has 17 heavy (non-hydrogen) atoms. The van der Waals surface area contributed by atoms with Crippen molar-refractivity contribution in [2.24, 2.45) is 5.92 Å². The molecule has 3 nitrogen and oxygen atoms in total. The maximum Gasteiger partial charge on any atom is 0.0244 e. The second kappa shape index (κ2) is 7.34. The predicted molar refractivity (Wildman–Crippen MR) is 75.5 cm³/mol. The predicted octanol–water partition coefficient (Wildman–Crippen LogP) is 1.65. The van der Waals surface area contributed by atoms with E-state index < -0.39 is 0 Å². The molecule has 0 aliphatic carbocycles. The average Bonchev–Trinajstić information content (AvgIpc) is 2.29. The summed E-state index contributed by atoms with van der Waals surface area (Å²) >= 11 is 0. The van der Waals surface area contributed by atoms with E-state index in [2.05, 4.69) is 49.7 Å². The fraction of sp³-hybridized carbons (Fsp3) is 1.00. The molecular weight excluding hydrogens is 210 g/mol. The molecule has 0 aromatic rings. The van der Waals surface area contributed by atoms with Crippen molar-refractivity contribution in [2.75, 3.05) is 39.3 Å². The molecule has 0 aromatic carbocycles. The van der Waals surface area contributed by atoms with Crippen molar-refractivity contribution in [3.8, 4) is 0 Å². The molecule has 0 aromatic heterocycles. The first-order valence-corrected chi connectivity index (χ1v) is 7.25. The Morgan fingerprint density at radius 3 is 1.88 bits per heavy atom. The summed E-state index contributed by atoms with van der Waals surface area (Å²) in [6.07, 6.45) is 0. The largest absolute Gasteiger partial charge is 0.315 e. The summed E-state index contributed by atoms with van der Waals surface area (Å²) in [6.45, 7) is 18.6. The number of rotatable bonds is 6. The molecule has 1 heterocycles. The molecule has 1 atom stereocenters. The van der Waals surface area contributed by atoms with Gasteiger partial charge in [0.05, 0.1) is 0 Å². The van der Waals surface area contributed by atoms with Crippen molar-refractivity contribution in [1.82, 2.24) is 15.1 Å². The first kappa shape index (κ1) is 14.9. The van der Waals surface area contributed by atoms with Gasteiger partial charge in [-0.2, -0.15) is 0 Å². The number of hydrogen-bond donors (Lipinski definition) is 1. The van der Waals surface area contributed by atoms with Gasteiger partial charge in [0.2, 0.25) is 0 Å². The van der Waals surface area contributed by atoms with Gasteiger partial charge < -0.3 is 5.32 Å². The van der Waals surface area contributed by atoms with E-state index >= 15 is 0 Å². The topological polar surface area (TPSA) is 18.5 Å². The van der Waals surface area contributed by atoms with E-state index in [9.17, 15) is 0 Å². The van der Waals surface area contributed by atoms with Gasteiger partial charge in [0.25, 0.3) is 0 Å². The minimum atomic E-state index is 0.698. The van der Waals surface area contributed by atoms with Crippen LogP contribution in [0.4, 0.5) is 0 Å². The summed E-state index contributed by atoms with van der Waals surface area (Å²) in [4.78, 5) is 5.26. The molecule has 1 unspecified atom stereocenters. The molecule has 1 aliphatic heterocycles. The average molecular weight is 241 g/mol. The molecule has 1 N–H and O–H groups in total. The van der Waals surface area contributed by atoms with Crippen LogP contribution in [0.3, 0.4) is 0 Å². The Hall–Kier alpha value is -0.120. The maximum absolute atomic E-state index is 3.51. The zero-order chi connectivity index (χ0) is 12.8. The van der Waals surface area contributed by atoms with Crippen molar-refractivity contribution >= 4 is 0 Å². The zero-order valence-electron chi connectivity index (χ0n) is 12.4. The highest BCUT2D eigenvalue weighted by atomic mass is 15.3. The summed E-state index contributed by atoms with van der Waals surface area (Å²) in [6, 6.07) is 1.40. The van der Waals surface area contributed by atoms with Gasteiger partial charge in [0.15, 0.2) is 0 Å². The lowest BCUT2D eigenvalue weighted by molar-refractivity contribution is 0.0617. The van der Waals surface area contributed by atoms with Crippen LogP contribution in [-0.4, -0.2) is 61.2 Å². The smallest absolute Gasteiger partial charge is 0.0244 e. The Labute approximate surface area is 108 Å². The quantitative estimate of drug-likeness (QED) is 0.763. The summed E-state index contributed by atoms with van der Waals surface area (Å²) < 4.78 is 0. The first-order valence-electron chi connectivity index (χ1n) is 7.25. The number of nitrogens with one attached hydrogen (secondary N) is 1. The minimum Gasteiger partial charge on any atom is -0.315 e. The second-order valence-electron chi connectivity index (χ2n) is 5.78. The van der Waals surface area contributed by atoms with Crippen molar-refractivity contribution in [3.05, 3.63) is 0 Å². The standard InChI is InChI=1S/C14H31N3/c1-6-15-11-14(12(2)3)17-9-7-16(8-10-17)13(4)5/h12-15H,6-11H2,1-5H3. The van der Waals surface area contributed by atoms with Crippen LogP contribution in [0.2, 0.25) is 0 Å². The summed E-state index contributed by atoms with van der Waals surface area (Å²) in [5, 5.41) is 3.51. The zero-order valence-corrected chi connectivity index (χ0v) is 12.4. The molecule has 0 spiro atoms. The maximum atomic E-state index is 3.51. The lowest BCUT2D eigenvalue weighted by Gasteiger charge is -2.42. The molecule has 1 saturated heterocycles. The Balaban J connectivity index is 2.43. The van der Waals surface area contributed by atoms with E-state index in [-0.39, 0.29) is 0 Å². The third-order valence-electron chi connectivity index (χ3n) is 3.92. The van der Waals surface area contributed by atoms with Crippen LogP contribution >= 0.6 is 0 Å². The third-order valence-corrected chi connectivity index (χ3v) is 3.92. The van der Waals surface area contributed by atoms with E-state index in [1.54, 1.807) is 0 Å². The number of piperazine rings is 1. The highest BCUT2D eigenvalue weighted by molar-refractivity contribution is 4.82. The Morgan fingerprint density at radius 1 is 0.941 bits per heavy atom. The molecular formula is C14H31N3. The summed E-state index contributed by atoms with van der Waals surface area (Å²) in [5.41, 5.74) is 0. The first-order chi connectivity index (χ1) is 8.06. The number of nitrogens with zero attached hydrogens (tertiary/aromatic N) is 2. The van der Waals surface area contributed by atoms with E-state index in [1.165, 1.54) is 26.2 Å². The van der Waals surface area contributed by atoms with Crippen LogP contribution in [0.25, 0.3) is 0 Å². The minimum absolute atomic E-state index is 0.698. The monoisotopic (exact) mass is 241 g/mol. The molecule has 1 rings (SSSR count). The second-order valence-corrected chi connectivity index (χ2v) is 5.78. The Morgan fingerprint density at radius 2 is 1.47 bits per heavy atom. The number of hydrogen-bond acceptors (Lipinski definition) is 3. The SMILES string of the molecule is CCNCC(C(C)C)N1CCN(C(C)C)CC1. The number of likely N-dealkylation sites (N-methyl/N-ethyl adjacent to an activating group) is 1. The van der Waals surface area contributed by atoms with Gasteiger partial charge in [-0.3, -0.25) is 9.80 Å². The van der Waals surface area contributed by atoms with Crippen LogP contribution in [-0.2, 0) is 0 Å². The lowest BCUT2D eigenvalue weighted by Crippen LogP contribution is -2.55. The van der Waals surface area contributed by atoms with Gasteiger partial charge in [-0.25, -0.2) is 0 Å². The van der Waals surface area contributed by atoms with Crippen molar-refractivity contribution < 1.29 is 0 Å². The molecule has 0 amide bonds. The molecule has 102 valence electrons. The molecule has 1 aliphatic rings. The normalized spacial score (nSPS) is 21.4. The third kappa shape index (κ3) is 4.57. The lowest BCUT2D eigenvalue weighted by atomic mass is 10.0. The van der Waals surface area contributed by atoms with Gasteiger partial charge in [0, 0.05) is 44.8 Å². The van der Waals surface area contributed by atoms with Crippen LogP contribution < -0.4 is 5.32 Å². The molecule has 0 saturated carbocycles. The van der Waals surface area contributed by atoms with Gasteiger partial charge in [-0.15, -0.1) is 0 Å². The van der Waals surface area contributed by atoms with Gasteiger partial charge in [-0.1, -0.05) is 20.8 Å². The van der Waals surface area contributed by atoms with Crippen molar-refractivity contribution in [1.29, 1.82) is 0 Å². The molecule has 0 bridgehead atoms. The fourth-order valence-electron chi connectivity index (χ4n) is 2.66. The van der Waals surface area contributed by atoms with E-state index in [1.807, 2.05) is 0 Å². The van der Waals surface area contributed by atoms with Crippen LogP contribution in [0.5, 0.6) is 0 Å². The van der Waals surface area contributed by atoms with Gasteiger partial charge in [-0.05, 0) is 26.3 Å². The van der Waals surface area contributed by atoms with Crippen LogP contribution in [0.15, 0.2) is 0 Å². The van der Waals surface area contributed by atoms with Gasteiger partial charge >= 0.3 is 0 Å². The van der Waals surface area contributed by atoms with Crippen molar-refractivity contribution in [2.45, 2.75) is 46.7 Å². The fourth-order valence-corrected chi connectivity index (χ4v) is 2.66. The van der Waals surface area contributed by atoms with E-state index in [0.717, 1.165) is 19.0 Å². The van der Waals surface area contributed by atoms with E-state index in [4.69, 9.17) is 0 Å². The molecule has 3 heteroatoms. The molecule has 0 radical (unpaired) electrons. The van der Waals surface area contributed by atoms with Crippen molar-refractivity contribution in [3.63, 3.8) is 0 Å². The van der Waals surface area contributed by atoms with E-state index in [0.29, 0.717) is 12.1 Å². The highest BCUT2D eigenvalue weighted by Crippen LogP contribution is 2.14. The Kier molecular flexibility index (Phi) is 6.45. The summed E-state index contributed by atoms with van der Waals surface area (Å²) in [5.74, 6) is 0.736. The summed E-state index contributed by atoms with van der Waals surface area (Å²) in [7, 11) is 0.